The van der Waals surface area contributed by atoms with Crippen molar-refractivity contribution in [3.05, 3.63) is 54.1 Å². The Morgan fingerprint density at radius 3 is 2.18 bits per heavy atom. The fourth-order valence-corrected chi connectivity index (χ4v) is 6.17. The van der Waals surface area contributed by atoms with Crippen molar-refractivity contribution in [3.63, 3.8) is 0 Å². The number of nitrogens with one attached hydrogen (secondary N) is 1. The summed E-state index contributed by atoms with van der Waals surface area (Å²) in [4.78, 5) is 26.9. The van der Waals surface area contributed by atoms with Gasteiger partial charge in [0.25, 0.3) is 0 Å². The van der Waals surface area contributed by atoms with Crippen LogP contribution >= 0.6 is 0 Å². The van der Waals surface area contributed by atoms with E-state index in [9.17, 15) is 18.0 Å². The topological polar surface area (TPSA) is 86.8 Å². The summed E-state index contributed by atoms with van der Waals surface area (Å²) >= 11 is 0. The number of hydrogen-bond acceptors (Lipinski definition) is 5. The van der Waals surface area contributed by atoms with E-state index in [0.29, 0.717) is 18.4 Å². The van der Waals surface area contributed by atoms with Gasteiger partial charge in [-0.1, -0.05) is 19.1 Å². The van der Waals surface area contributed by atoms with E-state index in [4.69, 9.17) is 0 Å². The lowest BCUT2D eigenvalue weighted by Crippen LogP contribution is -2.41. The molecule has 1 amide bonds. The first-order chi connectivity index (χ1) is 16.2. The van der Waals surface area contributed by atoms with Crippen LogP contribution in [0.1, 0.15) is 49.9 Å². The van der Waals surface area contributed by atoms with Crippen LogP contribution in [0, 0.1) is 11.8 Å². The third-order valence-electron chi connectivity index (χ3n) is 6.99. The average Bonchev–Trinajstić information content (AvgIpc) is 2.85. The van der Waals surface area contributed by atoms with E-state index >= 15 is 0 Å². The molecule has 182 valence electrons. The minimum Gasteiger partial charge on any atom is -0.372 e. The van der Waals surface area contributed by atoms with Gasteiger partial charge in [0, 0.05) is 49.0 Å². The molecule has 2 heterocycles. The van der Waals surface area contributed by atoms with Gasteiger partial charge >= 0.3 is 0 Å². The summed E-state index contributed by atoms with van der Waals surface area (Å²) in [6, 6.07) is 14.1. The number of amides is 1. The fourth-order valence-electron chi connectivity index (χ4n) is 4.65. The van der Waals surface area contributed by atoms with Gasteiger partial charge in [-0.25, -0.2) is 8.42 Å². The van der Waals surface area contributed by atoms with Crippen molar-refractivity contribution in [1.82, 2.24) is 4.31 Å². The van der Waals surface area contributed by atoms with Crippen LogP contribution in [0.15, 0.2) is 53.4 Å². The number of sulfonamides is 1. The molecule has 0 aliphatic carbocycles. The molecule has 0 unspecified atom stereocenters. The van der Waals surface area contributed by atoms with Crippen molar-refractivity contribution in [2.75, 3.05) is 36.4 Å². The molecule has 8 heteroatoms. The molecule has 34 heavy (non-hydrogen) atoms. The summed E-state index contributed by atoms with van der Waals surface area (Å²) in [6.07, 6.45) is 3.33. The van der Waals surface area contributed by atoms with Gasteiger partial charge in [-0.3, -0.25) is 9.59 Å². The molecule has 2 aliphatic heterocycles. The second kappa shape index (κ2) is 10.3. The lowest BCUT2D eigenvalue weighted by Gasteiger charge is -2.32. The molecular formula is C26H33N3O4S. The third kappa shape index (κ3) is 5.50. The van der Waals surface area contributed by atoms with Crippen LogP contribution in [0.2, 0.25) is 0 Å². The van der Waals surface area contributed by atoms with Gasteiger partial charge < -0.3 is 10.2 Å². The number of hydrogen-bond donors (Lipinski definition) is 1. The van der Waals surface area contributed by atoms with Gasteiger partial charge in [0.15, 0.2) is 5.78 Å². The van der Waals surface area contributed by atoms with E-state index in [1.807, 2.05) is 12.1 Å². The molecule has 2 aromatic carbocycles. The summed E-state index contributed by atoms with van der Waals surface area (Å²) in [7, 11) is -3.70. The molecule has 1 N–H and O–H groups in total. The Bertz CT molecular complexity index is 1130. The Morgan fingerprint density at radius 2 is 1.56 bits per heavy atom. The van der Waals surface area contributed by atoms with Crippen LogP contribution < -0.4 is 10.2 Å². The molecule has 0 spiro atoms. The first-order valence-corrected chi connectivity index (χ1v) is 13.4. The van der Waals surface area contributed by atoms with E-state index in [-0.39, 0.29) is 35.6 Å². The number of carbonyl (C=O) groups excluding carboxylic acids is 2. The van der Waals surface area contributed by atoms with E-state index in [0.717, 1.165) is 24.7 Å². The van der Waals surface area contributed by atoms with Crippen LogP contribution in [0.5, 0.6) is 0 Å². The van der Waals surface area contributed by atoms with Gasteiger partial charge in [0.05, 0.1) is 4.90 Å². The molecule has 2 aromatic rings. The Labute approximate surface area is 202 Å². The minimum atomic E-state index is -3.70. The van der Waals surface area contributed by atoms with E-state index < -0.39 is 10.0 Å². The summed E-state index contributed by atoms with van der Waals surface area (Å²) in [5, 5.41) is 2.99. The smallest absolute Gasteiger partial charge is 0.243 e. The number of piperidine rings is 2. The van der Waals surface area contributed by atoms with Crippen molar-refractivity contribution in [2.24, 2.45) is 11.8 Å². The van der Waals surface area contributed by atoms with Gasteiger partial charge in [0.1, 0.15) is 0 Å². The Balaban J connectivity index is 1.32. The van der Waals surface area contributed by atoms with Gasteiger partial charge in [-0.15, -0.1) is 0 Å². The number of benzene rings is 2. The largest absolute Gasteiger partial charge is 0.372 e. The maximum atomic E-state index is 13.0. The van der Waals surface area contributed by atoms with E-state index in [2.05, 4.69) is 29.3 Å². The Hall–Kier alpha value is -2.71. The summed E-state index contributed by atoms with van der Waals surface area (Å²) in [6.45, 7) is 6.38. The SMILES string of the molecule is CC(=O)c1cccc(S(=O)(=O)N2CCC(C(=O)Nc3ccc(N4CCC(C)CC4)cc3)CC2)c1. The molecule has 0 aromatic heterocycles. The van der Waals surface area contributed by atoms with Gasteiger partial charge in [0.2, 0.25) is 15.9 Å². The van der Waals surface area contributed by atoms with Crippen LogP contribution in [0.3, 0.4) is 0 Å². The zero-order chi connectivity index (χ0) is 24.3. The number of rotatable bonds is 6. The van der Waals surface area contributed by atoms with E-state index in [1.54, 1.807) is 12.1 Å². The maximum absolute atomic E-state index is 13.0. The highest BCUT2D eigenvalue weighted by Gasteiger charge is 2.32. The number of carbonyl (C=O) groups is 2. The van der Waals surface area contributed by atoms with Crippen molar-refractivity contribution < 1.29 is 18.0 Å². The van der Waals surface area contributed by atoms with Crippen LogP contribution in [0.4, 0.5) is 11.4 Å². The molecule has 0 atom stereocenters. The monoisotopic (exact) mass is 483 g/mol. The highest BCUT2D eigenvalue weighted by Crippen LogP contribution is 2.27. The Morgan fingerprint density at radius 1 is 0.912 bits per heavy atom. The fraction of sp³-hybridized carbons (Fsp3) is 0.462. The van der Waals surface area contributed by atoms with Crippen LogP contribution in [0.25, 0.3) is 0 Å². The molecule has 2 saturated heterocycles. The third-order valence-corrected chi connectivity index (χ3v) is 8.88. The zero-order valence-electron chi connectivity index (χ0n) is 19.9. The molecule has 4 rings (SSSR count). The molecule has 0 bridgehead atoms. The summed E-state index contributed by atoms with van der Waals surface area (Å²) < 4.78 is 27.4. The van der Waals surface area contributed by atoms with Gasteiger partial charge in [-0.05, 0) is 74.9 Å². The van der Waals surface area contributed by atoms with Crippen molar-refractivity contribution in [3.8, 4) is 0 Å². The molecule has 0 radical (unpaired) electrons. The van der Waals surface area contributed by atoms with Crippen molar-refractivity contribution in [2.45, 2.75) is 44.4 Å². The first-order valence-electron chi connectivity index (χ1n) is 12.0. The molecule has 2 aliphatic rings. The quantitative estimate of drug-likeness (QED) is 0.624. The number of Topliss-reactive ketones (excluding diaryl/α,β-unsaturated/α-hetero) is 1. The standard InChI is InChI=1S/C26H33N3O4S/c1-19-10-14-28(15-11-19)24-8-6-23(7-9-24)27-26(31)21-12-16-29(17-13-21)34(32,33)25-5-3-4-22(18-25)20(2)30/h3-9,18-19,21H,10-17H2,1-2H3,(H,27,31). The van der Waals surface area contributed by atoms with Crippen LogP contribution in [-0.4, -0.2) is 50.6 Å². The van der Waals surface area contributed by atoms with Crippen molar-refractivity contribution >= 4 is 33.1 Å². The zero-order valence-corrected chi connectivity index (χ0v) is 20.7. The molecular weight excluding hydrogens is 450 g/mol. The predicted octanol–water partition coefficient (Wildman–Crippen LogP) is 4.16. The summed E-state index contributed by atoms with van der Waals surface area (Å²) in [5.74, 6) is 0.293. The average molecular weight is 484 g/mol. The summed E-state index contributed by atoms with van der Waals surface area (Å²) in [5.41, 5.74) is 2.31. The number of nitrogens with zero attached hydrogens (tertiary/aromatic N) is 2. The van der Waals surface area contributed by atoms with Crippen LogP contribution in [-0.2, 0) is 14.8 Å². The normalized spacial score (nSPS) is 18.6. The number of ketones is 1. The van der Waals surface area contributed by atoms with E-state index in [1.165, 1.54) is 41.9 Å². The lowest BCUT2D eigenvalue weighted by atomic mass is 9.97. The minimum absolute atomic E-state index is 0.0739. The second-order valence-corrected chi connectivity index (χ2v) is 11.4. The molecule has 2 fully saturated rings. The molecule has 7 nitrogen and oxygen atoms in total. The first kappa shape index (κ1) is 24.4. The second-order valence-electron chi connectivity index (χ2n) is 9.47. The van der Waals surface area contributed by atoms with Crippen molar-refractivity contribution in [1.29, 1.82) is 0 Å². The predicted molar refractivity (Wildman–Crippen MR) is 134 cm³/mol. The van der Waals surface area contributed by atoms with Gasteiger partial charge in [-0.2, -0.15) is 4.31 Å². The number of anilines is 2. The maximum Gasteiger partial charge on any atom is 0.243 e. The molecule has 0 saturated carbocycles. The lowest BCUT2D eigenvalue weighted by molar-refractivity contribution is -0.120. The highest BCUT2D eigenvalue weighted by atomic mass is 32.2. The Kier molecular flexibility index (Phi) is 7.38. The highest BCUT2D eigenvalue weighted by molar-refractivity contribution is 7.89.